The molecule has 156 valence electrons. The molecule has 1 amide bonds. The van der Waals surface area contributed by atoms with Crippen molar-refractivity contribution in [1.29, 1.82) is 0 Å². The summed E-state index contributed by atoms with van der Waals surface area (Å²) in [6.45, 7) is -0.151. The number of hydrogen-bond acceptors (Lipinski definition) is 6. The van der Waals surface area contributed by atoms with Crippen LogP contribution in [0.3, 0.4) is 0 Å². The highest BCUT2D eigenvalue weighted by atomic mass is 35.5. The van der Waals surface area contributed by atoms with Gasteiger partial charge in [0, 0.05) is 16.8 Å². The second kappa shape index (κ2) is 9.32. The number of anilines is 1. The Hall–Kier alpha value is -3.84. The topological polar surface area (TPSA) is 86.5 Å². The largest absolute Gasteiger partial charge is 0.495 e. The highest BCUT2D eigenvalue weighted by Crippen LogP contribution is 2.27. The van der Waals surface area contributed by atoms with Gasteiger partial charge in [-0.15, -0.1) is 0 Å². The lowest BCUT2D eigenvalue weighted by molar-refractivity contribution is -0.118. The number of amides is 1. The van der Waals surface area contributed by atoms with Crippen molar-refractivity contribution < 1.29 is 18.8 Å². The summed E-state index contributed by atoms with van der Waals surface area (Å²) in [4.78, 5) is 16.6. The number of aromatic nitrogens is 2. The maximum atomic E-state index is 12.1. The molecular weight excluding hydrogens is 418 g/mol. The zero-order valence-electron chi connectivity index (χ0n) is 16.5. The summed E-state index contributed by atoms with van der Waals surface area (Å²) in [7, 11) is 1.53. The van der Waals surface area contributed by atoms with Crippen LogP contribution in [0.2, 0.25) is 5.02 Å². The zero-order chi connectivity index (χ0) is 21.6. The number of rotatable bonds is 7. The van der Waals surface area contributed by atoms with Crippen molar-refractivity contribution >= 4 is 23.2 Å². The van der Waals surface area contributed by atoms with Crippen LogP contribution < -0.4 is 14.8 Å². The Morgan fingerprint density at radius 2 is 1.81 bits per heavy atom. The van der Waals surface area contributed by atoms with Crippen molar-refractivity contribution in [2.45, 2.75) is 0 Å². The molecule has 0 spiro atoms. The lowest BCUT2D eigenvalue weighted by Crippen LogP contribution is -2.20. The number of halogens is 1. The van der Waals surface area contributed by atoms with E-state index in [4.69, 9.17) is 25.6 Å². The number of carbonyl (C=O) groups is 1. The van der Waals surface area contributed by atoms with E-state index >= 15 is 0 Å². The molecule has 1 aromatic heterocycles. The quantitative estimate of drug-likeness (QED) is 0.435. The first-order valence-electron chi connectivity index (χ1n) is 9.38. The van der Waals surface area contributed by atoms with Gasteiger partial charge in [0.25, 0.3) is 11.8 Å². The third-order valence-corrected chi connectivity index (χ3v) is 4.66. The number of nitrogens with zero attached hydrogens (tertiary/aromatic N) is 2. The van der Waals surface area contributed by atoms with Gasteiger partial charge in [-0.2, -0.15) is 4.98 Å². The van der Waals surface area contributed by atoms with Crippen molar-refractivity contribution in [2.24, 2.45) is 0 Å². The fourth-order valence-corrected chi connectivity index (χ4v) is 3.09. The number of benzene rings is 3. The van der Waals surface area contributed by atoms with E-state index in [0.29, 0.717) is 33.9 Å². The van der Waals surface area contributed by atoms with Gasteiger partial charge in [0.2, 0.25) is 5.82 Å². The highest BCUT2D eigenvalue weighted by molar-refractivity contribution is 6.32. The lowest BCUT2D eigenvalue weighted by atomic mass is 10.2. The molecule has 0 unspecified atom stereocenters. The summed E-state index contributed by atoms with van der Waals surface area (Å²) in [6.07, 6.45) is 0. The zero-order valence-corrected chi connectivity index (χ0v) is 17.3. The van der Waals surface area contributed by atoms with Crippen molar-refractivity contribution in [2.75, 3.05) is 19.0 Å². The first-order valence-corrected chi connectivity index (χ1v) is 9.76. The first kappa shape index (κ1) is 20.4. The van der Waals surface area contributed by atoms with Crippen LogP contribution in [-0.4, -0.2) is 29.8 Å². The average Bonchev–Trinajstić information content (AvgIpc) is 3.29. The molecule has 0 radical (unpaired) electrons. The smallest absolute Gasteiger partial charge is 0.262 e. The molecule has 7 nitrogen and oxygen atoms in total. The van der Waals surface area contributed by atoms with E-state index in [1.54, 1.807) is 42.5 Å². The minimum atomic E-state index is -0.310. The molecule has 0 aliphatic rings. The molecule has 31 heavy (non-hydrogen) atoms. The molecule has 0 bridgehead atoms. The first-order chi connectivity index (χ1) is 15.1. The number of ether oxygens (including phenoxy) is 2. The van der Waals surface area contributed by atoms with Crippen LogP contribution in [-0.2, 0) is 4.79 Å². The molecular formula is C23H18ClN3O4. The van der Waals surface area contributed by atoms with E-state index in [-0.39, 0.29) is 12.5 Å². The second-order valence-corrected chi connectivity index (χ2v) is 6.91. The minimum absolute atomic E-state index is 0.151. The molecule has 0 saturated carbocycles. The van der Waals surface area contributed by atoms with Gasteiger partial charge in [0.05, 0.1) is 12.1 Å². The molecule has 1 N–H and O–H groups in total. The molecule has 0 atom stereocenters. The van der Waals surface area contributed by atoms with Crippen LogP contribution in [0.4, 0.5) is 5.69 Å². The van der Waals surface area contributed by atoms with Gasteiger partial charge >= 0.3 is 0 Å². The molecule has 3 aromatic carbocycles. The Bertz CT molecular complexity index is 1180. The normalized spacial score (nSPS) is 10.5. The van der Waals surface area contributed by atoms with E-state index in [0.717, 1.165) is 11.1 Å². The molecule has 0 fully saturated rings. The van der Waals surface area contributed by atoms with Crippen molar-refractivity contribution in [3.8, 4) is 34.3 Å². The van der Waals surface area contributed by atoms with Crippen molar-refractivity contribution in [3.63, 3.8) is 0 Å². The van der Waals surface area contributed by atoms with E-state index < -0.39 is 0 Å². The molecule has 0 saturated heterocycles. The van der Waals surface area contributed by atoms with Gasteiger partial charge < -0.3 is 19.3 Å². The Balaban J connectivity index is 1.34. The summed E-state index contributed by atoms with van der Waals surface area (Å²) >= 11 is 6.06. The Labute approximate surface area is 183 Å². The van der Waals surface area contributed by atoms with Crippen LogP contribution in [0.5, 0.6) is 11.5 Å². The maximum Gasteiger partial charge on any atom is 0.262 e. The van der Waals surface area contributed by atoms with Crippen LogP contribution in [0.15, 0.2) is 77.3 Å². The standard InChI is InChI=1S/C23H18ClN3O4/c1-29-20-12-9-17(13-19(20)24)25-21(28)14-30-18-10-7-16(8-11-18)23-26-22(27-31-23)15-5-3-2-4-6-15/h2-13H,14H2,1H3,(H,25,28). The summed E-state index contributed by atoms with van der Waals surface area (Å²) in [6, 6.07) is 21.6. The molecule has 8 heteroatoms. The van der Waals surface area contributed by atoms with E-state index in [9.17, 15) is 4.79 Å². The Kier molecular flexibility index (Phi) is 6.14. The summed E-state index contributed by atoms with van der Waals surface area (Å²) in [5, 5.41) is 7.15. The third kappa shape index (κ3) is 5.02. The summed E-state index contributed by atoms with van der Waals surface area (Å²) in [5.41, 5.74) is 2.18. The molecule has 0 aliphatic heterocycles. The molecule has 0 aliphatic carbocycles. The second-order valence-electron chi connectivity index (χ2n) is 6.50. The molecule has 4 aromatic rings. The van der Waals surface area contributed by atoms with Gasteiger partial charge in [-0.05, 0) is 42.5 Å². The summed E-state index contributed by atoms with van der Waals surface area (Å²) < 4.78 is 16.0. The van der Waals surface area contributed by atoms with Crippen LogP contribution in [0.25, 0.3) is 22.8 Å². The Morgan fingerprint density at radius 1 is 1.03 bits per heavy atom. The number of methoxy groups -OCH3 is 1. The van der Waals surface area contributed by atoms with Gasteiger partial charge in [-0.25, -0.2) is 0 Å². The lowest BCUT2D eigenvalue weighted by Gasteiger charge is -2.09. The predicted molar refractivity (Wildman–Crippen MR) is 117 cm³/mol. The predicted octanol–water partition coefficient (Wildman–Crippen LogP) is 5.08. The third-order valence-electron chi connectivity index (χ3n) is 4.36. The monoisotopic (exact) mass is 435 g/mol. The minimum Gasteiger partial charge on any atom is -0.495 e. The van der Waals surface area contributed by atoms with Crippen LogP contribution in [0, 0.1) is 0 Å². The fraction of sp³-hybridized carbons (Fsp3) is 0.0870. The molecule has 4 rings (SSSR count). The summed E-state index contributed by atoms with van der Waals surface area (Å²) in [5.74, 6) is 1.68. The number of carbonyl (C=O) groups excluding carboxylic acids is 1. The van der Waals surface area contributed by atoms with Crippen molar-refractivity contribution in [1.82, 2.24) is 10.1 Å². The van der Waals surface area contributed by atoms with Crippen LogP contribution >= 0.6 is 11.6 Å². The Morgan fingerprint density at radius 3 is 2.52 bits per heavy atom. The van der Waals surface area contributed by atoms with Gasteiger partial charge in [-0.1, -0.05) is 47.1 Å². The van der Waals surface area contributed by atoms with Gasteiger partial charge in [0.1, 0.15) is 11.5 Å². The molecule has 1 heterocycles. The van der Waals surface area contributed by atoms with Crippen molar-refractivity contribution in [3.05, 3.63) is 77.8 Å². The maximum absolute atomic E-state index is 12.1. The fourth-order valence-electron chi connectivity index (χ4n) is 2.83. The average molecular weight is 436 g/mol. The van der Waals surface area contributed by atoms with Gasteiger partial charge in [0.15, 0.2) is 6.61 Å². The number of nitrogens with one attached hydrogen (secondary N) is 1. The van der Waals surface area contributed by atoms with Crippen LogP contribution in [0.1, 0.15) is 0 Å². The van der Waals surface area contributed by atoms with Gasteiger partial charge in [-0.3, -0.25) is 4.79 Å². The van der Waals surface area contributed by atoms with E-state index in [1.807, 2.05) is 30.3 Å². The highest BCUT2D eigenvalue weighted by Gasteiger charge is 2.11. The van der Waals surface area contributed by atoms with E-state index in [1.165, 1.54) is 7.11 Å². The SMILES string of the molecule is COc1ccc(NC(=O)COc2ccc(-c3nc(-c4ccccc4)no3)cc2)cc1Cl. The number of hydrogen-bond donors (Lipinski definition) is 1. The van der Waals surface area contributed by atoms with E-state index in [2.05, 4.69) is 15.5 Å².